The van der Waals surface area contributed by atoms with Crippen LogP contribution in [0.2, 0.25) is 0 Å². The fourth-order valence-electron chi connectivity index (χ4n) is 2.12. The molecule has 1 heterocycles. The lowest BCUT2D eigenvalue weighted by atomic mass is 9.87. The maximum absolute atomic E-state index is 5.56. The van der Waals surface area contributed by atoms with E-state index >= 15 is 0 Å². The molecule has 3 heteroatoms. The van der Waals surface area contributed by atoms with Gasteiger partial charge in [0.25, 0.3) is 4.80 Å². The van der Waals surface area contributed by atoms with Crippen molar-refractivity contribution in [3.8, 4) is 0 Å². The average Bonchev–Trinajstić information content (AvgIpc) is 2.47. The molecule has 0 saturated heterocycles. The van der Waals surface area contributed by atoms with E-state index in [2.05, 4.69) is 20.9 Å². The summed E-state index contributed by atoms with van der Waals surface area (Å²) in [6, 6.07) is 0. The molecule has 13 heavy (non-hydrogen) atoms. The minimum absolute atomic E-state index is 0.618. The third-order valence-corrected chi connectivity index (χ3v) is 3.12. The van der Waals surface area contributed by atoms with Crippen LogP contribution in [0.15, 0.2) is 9.22 Å². The zero-order valence-corrected chi connectivity index (χ0v) is 9.43. The minimum atomic E-state index is 0.618. The number of hydrogen-bond acceptors (Lipinski definition) is 2. The third-order valence-electron chi connectivity index (χ3n) is 2.78. The summed E-state index contributed by atoms with van der Waals surface area (Å²) in [5.41, 5.74) is 1.05. The van der Waals surface area contributed by atoms with E-state index in [4.69, 9.17) is 4.42 Å². The van der Waals surface area contributed by atoms with Gasteiger partial charge in [-0.3, -0.25) is 0 Å². The predicted octanol–water partition coefficient (Wildman–Crippen LogP) is 3.79. The largest absolute Gasteiger partial charge is 0.436 e. The predicted molar refractivity (Wildman–Crippen MR) is 54.8 cm³/mol. The number of aromatic nitrogens is 1. The number of nitrogens with zero attached hydrogens (tertiary/aromatic N) is 1. The molecule has 1 aliphatic rings. The van der Waals surface area contributed by atoms with Crippen LogP contribution in [0, 0.1) is 6.92 Å². The van der Waals surface area contributed by atoms with Gasteiger partial charge in [-0.1, -0.05) is 19.3 Å². The number of rotatable bonds is 1. The van der Waals surface area contributed by atoms with E-state index in [9.17, 15) is 0 Å². The topological polar surface area (TPSA) is 26.0 Å². The molecule has 1 aromatic heterocycles. The Morgan fingerprint density at radius 1 is 1.31 bits per heavy atom. The average molecular weight is 244 g/mol. The molecule has 2 rings (SSSR count). The van der Waals surface area contributed by atoms with E-state index < -0.39 is 0 Å². The molecule has 0 radical (unpaired) electrons. The summed E-state index contributed by atoms with van der Waals surface area (Å²) in [5.74, 6) is 1.72. The van der Waals surface area contributed by atoms with Crippen LogP contribution in [0.1, 0.15) is 49.5 Å². The van der Waals surface area contributed by atoms with Gasteiger partial charge in [-0.2, -0.15) is 0 Å². The van der Waals surface area contributed by atoms with E-state index in [-0.39, 0.29) is 0 Å². The van der Waals surface area contributed by atoms with Crippen molar-refractivity contribution in [2.24, 2.45) is 0 Å². The summed E-state index contributed by atoms with van der Waals surface area (Å²) < 4.78 is 5.56. The van der Waals surface area contributed by atoms with Gasteiger partial charge in [0.05, 0.1) is 5.69 Å². The van der Waals surface area contributed by atoms with Crippen molar-refractivity contribution in [2.45, 2.75) is 44.9 Å². The molecule has 0 aliphatic heterocycles. The molecule has 0 bridgehead atoms. The van der Waals surface area contributed by atoms with Crippen LogP contribution in [-0.2, 0) is 0 Å². The van der Waals surface area contributed by atoms with Crippen molar-refractivity contribution in [3.05, 3.63) is 16.3 Å². The second kappa shape index (κ2) is 3.82. The zero-order valence-electron chi connectivity index (χ0n) is 7.85. The third kappa shape index (κ3) is 1.96. The Morgan fingerprint density at radius 3 is 2.54 bits per heavy atom. The highest BCUT2D eigenvalue weighted by Gasteiger charge is 2.21. The lowest BCUT2D eigenvalue weighted by Crippen LogP contribution is -2.04. The number of halogens is 1. The molecule has 0 unspecified atom stereocenters. The zero-order chi connectivity index (χ0) is 9.26. The van der Waals surface area contributed by atoms with Gasteiger partial charge in [0.1, 0.15) is 5.76 Å². The SMILES string of the molecule is Cc1nc(Br)oc1C1CCCCC1. The van der Waals surface area contributed by atoms with E-state index in [1.807, 2.05) is 6.92 Å². The normalized spacial score (nSPS) is 19.2. The Kier molecular flexibility index (Phi) is 2.72. The van der Waals surface area contributed by atoms with Crippen LogP contribution in [0.25, 0.3) is 0 Å². The lowest BCUT2D eigenvalue weighted by molar-refractivity contribution is 0.365. The molecule has 72 valence electrons. The van der Waals surface area contributed by atoms with Crippen LogP contribution in [0.5, 0.6) is 0 Å². The monoisotopic (exact) mass is 243 g/mol. The molecular formula is C10H14BrNO. The lowest BCUT2D eigenvalue weighted by Gasteiger charge is -2.19. The first-order valence-electron chi connectivity index (χ1n) is 4.90. The summed E-state index contributed by atoms with van der Waals surface area (Å²) in [6.45, 7) is 2.03. The van der Waals surface area contributed by atoms with Crippen molar-refractivity contribution in [2.75, 3.05) is 0 Å². The van der Waals surface area contributed by atoms with Gasteiger partial charge in [-0.05, 0) is 19.8 Å². The standard InChI is InChI=1S/C10H14BrNO/c1-7-9(13-10(11)12-7)8-5-3-2-4-6-8/h8H,2-6H2,1H3. The van der Waals surface area contributed by atoms with Gasteiger partial charge < -0.3 is 4.42 Å². The summed E-state index contributed by atoms with van der Waals surface area (Å²) in [6.07, 6.45) is 6.58. The molecule has 1 fully saturated rings. The van der Waals surface area contributed by atoms with Crippen LogP contribution in [-0.4, -0.2) is 4.98 Å². The number of oxazole rings is 1. The Labute approximate surface area is 86.9 Å². The minimum Gasteiger partial charge on any atom is -0.436 e. The van der Waals surface area contributed by atoms with E-state index in [0.717, 1.165) is 11.5 Å². The summed E-state index contributed by atoms with van der Waals surface area (Å²) >= 11 is 3.27. The first-order chi connectivity index (χ1) is 6.27. The molecular weight excluding hydrogens is 230 g/mol. The summed E-state index contributed by atoms with van der Waals surface area (Å²) in [7, 11) is 0. The summed E-state index contributed by atoms with van der Waals surface area (Å²) in [4.78, 5) is 4.87. The second-order valence-corrected chi connectivity index (χ2v) is 4.43. The Balaban J connectivity index is 2.18. The molecule has 1 aromatic rings. The highest BCUT2D eigenvalue weighted by atomic mass is 79.9. The maximum Gasteiger partial charge on any atom is 0.264 e. The van der Waals surface area contributed by atoms with Crippen LogP contribution in [0.4, 0.5) is 0 Å². The van der Waals surface area contributed by atoms with Crippen molar-refractivity contribution >= 4 is 15.9 Å². The number of hydrogen-bond donors (Lipinski definition) is 0. The summed E-state index contributed by atoms with van der Waals surface area (Å²) in [5, 5.41) is 0. The molecule has 0 amide bonds. The quantitative estimate of drug-likeness (QED) is 0.751. The van der Waals surface area contributed by atoms with E-state index in [1.165, 1.54) is 32.1 Å². The number of aryl methyl sites for hydroxylation is 1. The van der Waals surface area contributed by atoms with Crippen molar-refractivity contribution in [3.63, 3.8) is 0 Å². The highest BCUT2D eigenvalue weighted by Crippen LogP contribution is 2.35. The molecule has 0 aromatic carbocycles. The second-order valence-electron chi connectivity index (χ2n) is 3.75. The fourth-order valence-corrected chi connectivity index (χ4v) is 2.56. The van der Waals surface area contributed by atoms with Gasteiger partial charge in [0, 0.05) is 21.8 Å². The first-order valence-corrected chi connectivity index (χ1v) is 5.69. The van der Waals surface area contributed by atoms with Crippen LogP contribution < -0.4 is 0 Å². The molecule has 1 saturated carbocycles. The van der Waals surface area contributed by atoms with Gasteiger partial charge in [0.15, 0.2) is 0 Å². The van der Waals surface area contributed by atoms with Crippen LogP contribution >= 0.6 is 15.9 Å². The smallest absolute Gasteiger partial charge is 0.264 e. The van der Waals surface area contributed by atoms with Crippen molar-refractivity contribution < 1.29 is 4.42 Å². The Hall–Kier alpha value is -0.310. The van der Waals surface area contributed by atoms with Gasteiger partial charge >= 0.3 is 0 Å². The Bertz CT molecular complexity index is 289. The molecule has 0 atom stereocenters. The van der Waals surface area contributed by atoms with Gasteiger partial charge in [-0.15, -0.1) is 0 Å². The van der Waals surface area contributed by atoms with Crippen molar-refractivity contribution in [1.82, 2.24) is 4.98 Å². The first kappa shape index (κ1) is 9.25. The van der Waals surface area contributed by atoms with E-state index in [1.54, 1.807) is 0 Å². The molecule has 2 nitrogen and oxygen atoms in total. The molecule has 1 aliphatic carbocycles. The maximum atomic E-state index is 5.56. The van der Waals surface area contributed by atoms with E-state index in [0.29, 0.717) is 10.7 Å². The molecule has 0 spiro atoms. The van der Waals surface area contributed by atoms with Gasteiger partial charge in [-0.25, -0.2) is 4.98 Å². The fraction of sp³-hybridized carbons (Fsp3) is 0.700. The van der Waals surface area contributed by atoms with Crippen LogP contribution in [0.3, 0.4) is 0 Å². The van der Waals surface area contributed by atoms with Crippen molar-refractivity contribution in [1.29, 1.82) is 0 Å². The Morgan fingerprint density at radius 2 is 2.00 bits per heavy atom. The highest BCUT2D eigenvalue weighted by molar-refractivity contribution is 9.10. The molecule has 0 N–H and O–H groups in total. The van der Waals surface area contributed by atoms with Gasteiger partial charge in [0.2, 0.25) is 0 Å².